The van der Waals surface area contributed by atoms with Gasteiger partial charge in [-0.05, 0) is 38.6 Å². The second kappa shape index (κ2) is 5.08. The SMILES string of the molecule is CCCC(C)NCC1CC(Cl)C1. The van der Waals surface area contributed by atoms with Crippen molar-refractivity contribution in [1.29, 1.82) is 0 Å². The van der Waals surface area contributed by atoms with E-state index < -0.39 is 0 Å². The number of rotatable bonds is 5. The highest BCUT2D eigenvalue weighted by Gasteiger charge is 2.26. The van der Waals surface area contributed by atoms with E-state index >= 15 is 0 Å². The van der Waals surface area contributed by atoms with Crippen molar-refractivity contribution in [2.75, 3.05) is 6.54 Å². The minimum absolute atomic E-state index is 0.471. The Kier molecular flexibility index (Phi) is 4.38. The molecule has 1 saturated carbocycles. The van der Waals surface area contributed by atoms with Crippen molar-refractivity contribution in [1.82, 2.24) is 5.32 Å². The van der Waals surface area contributed by atoms with Gasteiger partial charge in [0.1, 0.15) is 0 Å². The Morgan fingerprint density at radius 2 is 2.17 bits per heavy atom. The number of nitrogens with one attached hydrogen (secondary N) is 1. The summed E-state index contributed by atoms with van der Waals surface area (Å²) in [6.45, 7) is 5.67. The lowest BCUT2D eigenvalue weighted by molar-refractivity contribution is 0.295. The molecule has 0 aromatic heterocycles. The summed E-state index contributed by atoms with van der Waals surface area (Å²) >= 11 is 5.89. The largest absolute Gasteiger partial charge is 0.314 e. The van der Waals surface area contributed by atoms with Crippen LogP contribution in [0.5, 0.6) is 0 Å². The number of hydrogen-bond acceptors (Lipinski definition) is 1. The molecular formula is C10H20ClN. The molecule has 0 bridgehead atoms. The van der Waals surface area contributed by atoms with Crippen LogP contribution in [0, 0.1) is 5.92 Å². The van der Waals surface area contributed by atoms with E-state index in [1.807, 2.05) is 0 Å². The van der Waals surface area contributed by atoms with Crippen molar-refractivity contribution in [2.24, 2.45) is 5.92 Å². The van der Waals surface area contributed by atoms with E-state index in [2.05, 4.69) is 19.2 Å². The van der Waals surface area contributed by atoms with E-state index in [0.717, 1.165) is 5.92 Å². The molecule has 1 nitrogen and oxygen atoms in total. The number of alkyl halides is 1. The Bertz CT molecular complexity index is 116. The molecule has 2 heteroatoms. The minimum atomic E-state index is 0.471. The second-order valence-electron chi connectivity index (χ2n) is 4.03. The summed E-state index contributed by atoms with van der Waals surface area (Å²) in [6.07, 6.45) is 4.99. The minimum Gasteiger partial charge on any atom is -0.314 e. The number of halogens is 1. The molecule has 0 aromatic carbocycles. The molecule has 1 aliphatic rings. The first-order valence-electron chi connectivity index (χ1n) is 5.09. The lowest BCUT2D eigenvalue weighted by atomic mass is 9.84. The maximum absolute atomic E-state index is 5.89. The van der Waals surface area contributed by atoms with Crippen LogP contribution in [0.4, 0.5) is 0 Å². The van der Waals surface area contributed by atoms with Crippen LogP contribution >= 0.6 is 11.6 Å². The van der Waals surface area contributed by atoms with Gasteiger partial charge in [0.25, 0.3) is 0 Å². The lowest BCUT2D eigenvalue weighted by Gasteiger charge is -2.32. The first-order valence-corrected chi connectivity index (χ1v) is 5.53. The Morgan fingerprint density at radius 1 is 1.50 bits per heavy atom. The summed E-state index contributed by atoms with van der Waals surface area (Å²) < 4.78 is 0. The normalized spacial score (nSPS) is 31.2. The summed E-state index contributed by atoms with van der Waals surface area (Å²) in [5.74, 6) is 0.854. The van der Waals surface area contributed by atoms with E-state index in [0.29, 0.717) is 11.4 Å². The van der Waals surface area contributed by atoms with Crippen LogP contribution in [0.1, 0.15) is 39.5 Å². The third kappa shape index (κ3) is 3.32. The highest BCUT2D eigenvalue weighted by atomic mass is 35.5. The first-order chi connectivity index (χ1) is 5.72. The van der Waals surface area contributed by atoms with Gasteiger partial charge in [-0.2, -0.15) is 0 Å². The zero-order valence-electron chi connectivity index (χ0n) is 8.15. The van der Waals surface area contributed by atoms with Crippen molar-refractivity contribution in [3.63, 3.8) is 0 Å². The van der Waals surface area contributed by atoms with Gasteiger partial charge >= 0.3 is 0 Å². The standard InChI is InChI=1S/C10H20ClN/c1-3-4-8(2)12-7-9-5-10(11)6-9/h8-10,12H,3-7H2,1-2H3. The molecule has 1 rings (SSSR count). The molecule has 12 heavy (non-hydrogen) atoms. The van der Waals surface area contributed by atoms with E-state index in [9.17, 15) is 0 Å². The molecule has 1 atom stereocenters. The van der Waals surface area contributed by atoms with Crippen LogP contribution in [-0.4, -0.2) is 18.0 Å². The highest BCUT2D eigenvalue weighted by molar-refractivity contribution is 6.21. The lowest BCUT2D eigenvalue weighted by Crippen LogP contribution is -2.37. The fourth-order valence-electron chi connectivity index (χ4n) is 1.72. The molecule has 1 unspecified atom stereocenters. The molecule has 0 amide bonds. The van der Waals surface area contributed by atoms with Gasteiger partial charge in [0, 0.05) is 11.4 Å². The van der Waals surface area contributed by atoms with Gasteiger partial charge in [0.15, 0.2) is 0 Å². The summed E-state index contributed by atoms with van der Waals surface area (Å²) in [5, 5.41) is 4.02. The fourth-order valence-corrected chi connectivity index (χ4v) is 2.23. The smallest absolute Gasteiger partial charge is 0.0342 e. The van der Waals surface area contributed by atoms with Crippen molar-refractivity contribution in [2.45, 2.75) is 50.9 Å². The fraction of sp³-hybridized carbons (Fsp3) is 1.00. The van der Waals surface area contributed by atoms with Crippen LogP contribution in [0.15, 0.2) is 0 Å². The van der Waals surface area contributed by atoms with Crippen LogP contribution in [0.2, 0.25) is 0 Å². The average molecular weight is 190 g/mol. The third-order valence-electron chi connectivity index (χ3n) is 2.65. The van der Waals surface area contributed by atoms with Crippen molar-refractivity contribution in [3.8, 4) is 0 Å². The molecule has 0 saturated heterocycles. The van der Waals surface area contributed by atoms with Crippen LogP contribution in [0.3, 0.4) is 0 Å². The van der Waals surface area contributed by atoms with Gasteiger partial charge in [-0.3, -0.25) is 0 Å². The Hall–Kier alpha value is 0.250. The summed E-state index contributed by atoms with van der Waals surface area (Å²) in [4.78, 5) is 0. The third-order valence-corrected chi connectivity index (χ3v) is 3.01. The summed E-state index contributed by atoms with van der Waals surface area (Å²) in [6, 6.07) is 0.685. The molecule has 1 N–H and O–H groups in total. The first kappa shape index (κ1) is 10.3. The maximum Gasteiger partial charge on any atom is 0.0342 e. The molecule has 0 aromatic rings. The molecule has 0 aliphatic heterocycles. The van der Waals surface area contributed by atoms with Gasteiger partial charge in [-0.1, -0.05) is 13.3 Å². The molecular weight excluding hydrogens is 170 g/mol. The van der Waals surface area contributed by atoms with Gasteiger partial charge in [-0.25, -0.2) is 0 Å². The number of hydrogen-bond donors (Lipinski definition) is 1. The van der Waals surface area contributed by atoms with Crippen LogP contribution in [0.25, 0.3) is 0 Å². The predicted octanol–water partition coefficient (Wildman–Crippen LogP) is 2.78. The van der Waals surface area contributed by atoms with E-state index in [1.165, 1.54) is 32.2 Å². The zero-order chi connectivity index (χ0) is 8.97. The molecule has 0 heterocycles. The van der Waals surface area contributed by atoms with Crippen molar-refractivity contribution in [3.05, 3.63) is 0 Å². The van der Waals surface area contributed by atoms with Gasteiger partial charge < -0.3 is 5.32 Å². The molecule has 0 spiro atoms. The Morgan fingerprint density at radius 3 is 2.67 bits per heavy atom. The topological polar surface area (TPSA) is 12.0 Å². The van der Waals surface area contributed by atoms with Gasteiger partial charge in [0.05, 0.1) is 0 Å². The summed E-state index contributed by atoms with van der Waals surface area (Å²) in [7, 11) is 0. The van der Waals surface area contributed by atoms with Crippen molar-refractivity contribution >= 4 is 11.6 Å². The highest BCUT2D eigenvalue weighted by Crippen LogP contribution is 2.31. The summed E-state index contributed by atoms with van der Waals surface area (Å²) in [5.41, 5.74) is 0. The monoisotopic (exact) mass is 189 g/mol. The molecule has 0 radical (unpaired) electrons. The van der Waals surface area contributed by atoms with Crippen LogP contribution < -0.4 is 5.32 Å². The van der Waals surface area contributed by atoms with Crippen LogP contribution in [-0.2, 0) is 0 Å². The maximum atomic E-state index is 5.89. The Balaban J connectivity index is 1.95. The Labute approximate surface area is 80.9 Å². The average Bonchev–Trinajstić information content (AvgIpc) is 1.96. The zero-order valence-corrected chi connectivity index (χ0v) is 8.90. The molecule has 1 fully saturated rings. The quantitative estimate of drug-likeness (QED) is 0.656. The predicted molar refractivity (Wildman–Crippen MR) is 54.7 cm³/mol. The van der Waals surface area contributed by atoms with E-state index in [4.69, 9.17) is 11.6 Å². The van der Waals surface area contributed by atoms with Gasteiger partial charge in [0.2, 0.25) is 0 Å². The second-order valence-corrected chi connectivity index (χ2v) is 4.65. The van der Waals surface area contributed by atoms with Crippen molar-refractivity contribution < 1.29 is 0 Å². The van der Waals surface area contributed by atoms with Gasteiger partial charge in [-0.15, -0.1) is 11.6 Å². The van der Waals surface area contributed by atoms with E-state index in [1.54, 1.807) is 0 Å². The molecule has 1 aliphatic carbocycles. The van der Waals surface area contributed by atoms with E-state index in [-0.39, 0.29) is 0 Å². The molecule has 72 valence electrons.